The van der Waals surface area contributed by atoms with E-state index in [9.17, 15) is 27.9 Å². The standard InChI is InChI=1S/C24H35FN4O8S/c1-8-9-27(21(32)36-23(2,3)4)12-14-10-15-16(29(14)22(33)37-24(5,6)7)11-17(30)20(19(15)25)28-13-18(31)26-38(28,34)35/h11,14,30H,8-10,12-13H2,1-7H3,(H,26,31)/t14-/m1/s1. The van der Waals surface area contributed by atoms with Crippen molar-refractivity contribution in [3.05, 3.63) is 17.4 Å². The number of anilines is 2. The lowest BCUT2D eigenvalue weighted by molar-refractivity contribution is -0.117. The third kappa shape index (κ3) is 6.22. The van der Waals surface area contributed by atoms with Gasteiger partial charge in [-0.1, -0.05) is 6.92 Å². The van der Waals surface area contributed by atoms with E-state index in [1.165, 1.54) is 4.90 Å². The SMILES string of the molecule is CCCN(C[C@H]1Cc2c(cc(O)c(N3CC(=O)NS3(=O)=O)c2F)N1C(=O)OC(C)(C)C)C(=O)OC(C)(C)C. The van der Waals surface area contributed by atoms with Gasteiger partial charge in [-0.3, -0.25) is 9.69 Å². The van der Waals surface area contributed by atoms with Gasteiger partial charge < -0.3 is 19.5 Å². The molecule has 0 spiro atoms. The van der Waals surface area contributed by atoms with E-state index < -0.39 is 69.3 Å². The number of carbonyl (C=O) groups excluding carboxylic acids is 3. The molecule has 14 heteroatoms. The maximum absolute atomic E-state index is 15.9. The zero-order chi connectivity index (χ0) is 28.8. The molecule has 0 bridgehead atoms. The van der Waals surface area contributed by atoms with Gasteiger partial charge in [-0.2, -0.15) is 8.42 Å². The van der Waals surface area contributed by atoms with Crippen molar-refractivity contribution in [2.24, 2.45) is 0 Å². The number of hydrogen-bond acceptors (Lipinski definition) is 8. The number of amides is 3. The minimum atomic E-state index is -4.42. The van der Waals surface area contributed by atoms with Gasteiger partial charge in [0, 0.05) is 31.1 Å². The molecule has 1 aromatic carbocycles. The summed E-state index contributed by atoms with van der Waals surface area (Å²) in [6.07, 6.45) is -0.986. The number of ether oxygens (including phenoxy) is 2. The first-order valence-electron chi connectivity index (χ1n) is 12.2. The molecule has 1 fully saturated rings. The Labute approximate surface area is 221 Å². The molecule has 2 aliphatic rings. The van der Waals surface area contributed by atoms with Crippen LogP contribution in [0.15, 0.2) is 6.07 Å². The third-order valence-electron chi connectivity index (χ3n) is 5.60. The van der Waals surface area contributed by atoms with Gasteiger partial charge >= 0.3 is 22.4 Å². The van der Waals surface area contributed by atoms with Gasteiger partial charge in [-0.05, 0) is 48.0 Å². The topological polar surface area (TPSA) is 146 Å². The van der Waals surface area contributed by atoms with Crippen LogP contribution in [0.2, 0.25) is 0 Å². The summed E-state index contributed by atoms with van der Waals surface area (Å²) in [7, 11) is -4.42. The molecule has 2 aliphatic heterocycles. The van der Waals surface area contributed by atoms with Crippen LogP contribution in [0.5, 0.6) is 5.75 Å². The fourth-order valence-electron chi connectivity index (χ4n) is 4.28. The minimum absolute atomic E-state index is 0.0282. The van der Waals surface area contributed by atoms with Crippen LogP contribution in [0.4, 0.5) is 25.4 Å². The Morgan fingerprint density at radius 3 is 2.29 bits per heavy atom. The Morgan fingerprint density at radius 2 is 1.79 bits per heavy atom. The molecule has 212 valence electrons. The predicted molar refractivity (Wildman–Crippen MR) is 137 cm³/mol. The number of nitrogens with one attached hydrogen (secondary N) is 1. The van der Waals surface area contributed by atoms with Crippen molar-refractivity contribution in [3.63, 3.8) is 0 Å². The lowest BCUT2D eigenvalue weighted by atomic mass is 10.1. The second-order valence-electron chi connectivity index (χ2n) is 11.2. The first kappa shape index (κ1) is 29.3. The van der Waals surface area contributed by atoms with E-state index in [1.807, 2.05) is 6.92 Å². The molecule has 2 N–H and O–H groups in total. The average Bonchev–Trinajstić information content (AvgIpc) is 3.20. The molecular formula is C24H35FN4O8S. The molecule has 2 heterocycles. The summed E-state index contributed by atoms with van der Waals surface area (Å²) >= 11 is 0. The molecule has 0 radical (unpaired) electrons. The van der Waals surface area contributed by atoms with E-state index in [0.29, 0.717) is 17.3 Å². The first-order chi connectivity index (χ1) is 17.3. The van der Waals surface area contributed by atoms with Crippen molar-refractivity contribution < 1.29 is 41.8 Å². The molecule has 1 aromatic rings. The quantitative estimate of drug-likeness (QED) is 0.561. The van der Waals surface area contributed by atoms with E-state index in [1.54, 1.807) is 46.3 Å². The summed E-state index contributed by atoms with van der Waals surface area (Å²) in [4.78, 5) is 40.5. The fraction of sp³-hybridized carbons (Fsp3) is 0.625. The van der Waals surface area contributed by atoms with Crippen molar-refractivity contribution >= 4 is 39.7 Å². The Bertz CT molecular complexity index is 1240. The van der Waals surface area contributed by atoms with Gasteiger partial charge in [0.15, 0.2) is 5.82 Å². The van der Waals surface area contributed by atoms with Crippen LogP contribution in [-0.4, -0.2) is 73.4 Å². The van der Waals surface area contributed by atoms with E-state index in [4.69, 9.17) is 9.47 Å². The molecule has 12 nitrogen and oxygen atoms in total. The average molecular weight is 559 g/mol. The second kappa shape index (κ2) is 10.1. The maximum atomic E-state index is 15.9. The largest absolute Gasteiger partial charge is 0.506 e. The molecule has 0 unspecified atom stereocenters. The predicted octanol–water partition coefficient (Wildman–Crippen LogP) is 3.03. The first-order valence-corrected chi connectivity index (χ1v) is 13.7. The highest BCUT2D eigenvalue weighted by molar-refractivity contribution is 7.92. The summed E-state index contributed by atoms with van der Waals surface area (Å²) in [6, 6.07) is 0.242. The van der Waals surface area contributed by atoms with Crippen LogP contribution in [0.25, 0.3) is 0 Å². The fourth-order valence-corrected chi connectivity index (χ4v) is 5.44. The highest BCUT2D eigenvalue weighted by atomic mass is 32.2. The Balaban J connectivity index is 2.07. The molecule has 1 saturated heterocycles. The van der Waals surface area contributed by atoms with Crippen LogP contribution in [-0.2, 0) is 30.9 Å². The van der Waals surface area contributed by atoms with E-state index in [2.05, 4.69) is 0 Å². The van der Waals surface area contributed by atoms with Crippen molar-refractivity contribution in [1.29, 1.82) is 0 Å². The van der Waals surface area contributed by atoms with Crippen LogP contribution >= 0.6 is 0 Å². The van der Waals surface area contributed by atoms with Crippen LogP contribution in [0, 0.1) is 5.82 Å². The number of fused-ring (bicyclic) bond motifs is 1. The lowest BCUT2D eigenvalue weighted by Crippen LogP contribution is -2.49. The number of rotatable bonds is 5. The molecule has 0 saturated carbocycles. The summed E-state index contributed by atoms with van der Waals surface area (Å²) in [5.74, 6) is -2.77. The smallest absolute Gasteiger partial charge is 0.415 e. The number of phenols is 1. The van der Waals surface area contributed by atoms with E-state index in [0.717, 1.165) is 11.0 Å². The second-order valence-corrected chi connectivity index (χ2v) is 12.8. The number of phenolic OH excluding ortho intramolecular Hbond substituents is 1. The maximum Gasteiger partial charge on any atom is 0.415 e. The van der Waals surface area contributed by atoms with Gasteiger partial charge in [-0.15, -0.1) is 0 Å². The van der Waals surface area contributed by atoms with E-state index in [-0.39, 0.29) is 24.2 Å². The number of nitrogens with zero attached hydrogens (tertiary/aromatic N) is 3. The number of carbonyl (C=O) groups is 3. The summed E-state index contributed by atoms with van der Waals surface area (Å²) in [6.45, 7) is 11.5. The molecular weight excluding hydrogens is 523 g/mol. The third-order valence-corrected chi connectivity index (χ3v) is 6.98. The Morgan fingerprint density at radius 1 is 1.18 bits per heavy atom. The number of aromatic hydroxyl groups is 1. The molecule has 1 atom stereocenters. The van der Waals surface area contributed by atoms with Gasteiger partial charge in [0.2, 0.25) is 0 Å². The van der Waals surface area contributed by atoms with Crippen LogP contribution < -0.4 is 13.9 Å². The minimum Gasteiger partial charge on any atom is -0.506 e. The van der Waals surface area contributed by atoms with Gasteiger partial charge in [-0.25, -0.2) is 23.0 Å². The van der Waals surface area contributed by atoms with Gasteiger partial charge in [0.1, 0.15) is 29.2 Å². The Hall–Kier alpha value is -3.29. The van der Waals surface area contributed by atoms with Crippen molar-refractivity contribution in [2.45, 2.75) is 78.6 Å². The van der Waals surface area contributed by atoms with Gasteiger partial charge in [0.25, 0.3) is 5.91 Å². The van der Waals surface area contributed by atoms with Gasteiger partial charge in [0.05, 0.1) is 11.7 Å². The number of halogens is 1. The molecule has 0 aliphatic carbocycles. The summed E-state index contributed by atoms with van der Waals surface area (Å²) in [5.41, 5.74) is -2.48. The highest BCUT2D eigenvalue weighted by Crippen LogP contribution is 2.45. The van der Waals surface area contributed by atoms with Crippen LogP contribution in [0.3, 0.4) is 0 Å². The molecule has 3 amide bonds. The number of benzene rings is 1. The number of hydrogen-bond donors (Lipinski definition) is 2. The monoisotopic (exact) mass is 558 g/mol. The highest BCUT2D eigenvalue weighted by Gasteiger charge is 2.44. The van der Waals surface area contributed by atoms with Crippen molar-refractivity contribution in [2.75, 3.05) is 28.8 Å². The lowest BCUT2D eigenvalue weighted by Gasteiger charge is -2.33. The molecule has 38 heavy (non-hydrogen) atoms. The molecule has 0 aromatic heterocycles. The normalized spacial score (nSPS) is 18.7. The van der Waals surface area contributed by atoms with Crippen LogP contribution in [0.1, 0.15) is 60.5 Å². The van der Waals surface area contributed by atoms with Crippen molar-refractivity contribution in [3.8, 4) is 5.75 Å². The Kier molecular flexibility index (Phi) is 7.79. The van der Waals surface area contributed by atoms with E-state index >= 15 is 4.39 Å². The zero-order valence-corrected chi connectivity index (χ0v) is 23.4. The molecule has 3 rings (SSSR count). The van der Waals surface area contributed by atoms with Crippen molar-refractivity contribution in [1.82, 2.24) is 9.62 Å². The zero-order valence-electron chi connectivity index (χ0n) is 22.6. The summed E-state index contributed by atoms with van der Waals surface area (Å²) in [5, 5.41) is 10.7. The summed E-state index contributed by atoms with van der Waals surface area (Å²) < 4.78 is 53.8.